The summed E-state index contributed by atoms with van der Waals surface area (Å²) in [6, 6.07) is 0. The van der Waals surface area contributed by atoms with Crippen LogP contribution in [-0.4, -0.2) is 117 Å². The first-order valence-corrected chi connectivity index (χ1v) is 37.1. The Balaban J connectivity index is 1.99. The molecule has 2 amide bonds. The van der Waals surface area contributed by atoms with Crippen molar-refractivity contribution in [3.8, 4) is 0 Å². The molecular formula is C72H140N2O11. The summed E-state index contributed by atoms with van der Waals surface area (Å²) < 4.78 is 18.0. The van der Waals surface area contributed by atoms with E-state index in [4.69, 9.17) is 14.2 Å². The number of hydrogen-bond acceptors (Lipinski definition) is 11. The number of aliphatic hydroxyl groups excluding tert-OH is 6. The standard InChI is InChI=1S/C72H140N2O11/c1-5-9-13-17-21-25-29-33-37-41-45-49-53-59(54-50-46-42-38-34-30-26-22-18-14-10-6-2)69(81)73-57-61-63(75)65(77)67(79)71(83-61)85-72-68(80)66(78)64(76)62(84-72)58-74-70(82)60(55-51-47-43-39-35-31-27-23-19-15-11-7-3)56-52-48-44-40-36-32-28-24-20-16-12-8-4/h59-68,71-72,75-80H,5-58H2,1-4H3,(H,73,81)(H,74,82)/t61-,62?,63-,64-,65+,66+,67-,68-,71-,72-/m1/s1. The second kappa shape index (κ2) is 55.4. The molecule has 1 unspecified atom stereocenters. The van der Waals surface area contributed by atoms with Crippen LogP contribution in [0.2, 0.25) is 0 Å². The normalized spacial score (nSPS) is 22.7. The third-order valence-electron chi connectivity index (χ3n) is 18.9. The van der Waals surface area contributed by atoms with Gasteiger partial charge in [-0.25, -0.2) is 0 Å². The van der Waals surface area contributed by atoms with E-state index in [1.165, 1.54) is 231 Å². The van der Waals surface area contributed by atoms with Gasteiger partial charge >= 0.3 is 0 Å². The smallest absolute Gasteiger partial charge is 0.223 e. The van der Waals surface area contributed by atoms with Crippen LogP contribution in [0.25, 0.3) is 0 Å². The molecule has 0 aromatic carbocycles. The third-order valence-corrected chi connectivity index (χ3v) is 18.9. The van der Waals surface area contributed by atoms with Gasteiger partial charge in [-0.1, -0.05) is 336 Å². The number of aliphatic hydroxyl groups is 6. The second-order valence-corrected chi connectivity index (χ2v) is 26.8. The summed E-state index contributed by atoms with van der Waals surface area (Å²) in [5.41, 5.74) is 0. The molecule has 0 aliphatic carbocycles. The maximum atomic E-state index is 14.0. The molecule has 13 nitrogen and oxygen atoms in total. The lowest BCUT2D eigenvalue weighted by molar-refractivity contribution is -0.372. The van der Waals surface area contributed by atoms with Crippen LogP contribution in [0.15, 0.2) is 0 Å². The zero-order valence-corrected chi connectivity index (χ0v) is 55.8. The van der Waals surface area contributed by atoms with Crippen LogP contribution < -0.4 is 10.6 Å². The Morgan fingerprint density at radius 3 is 0.682 bits per heavy atom. The molecule has 2 fully saturated rings. The first-order chi connectivity index (χ1) is 41.5. The van der Waals surface area contributed by atoms with E-state index >= 15 is 0 Å². The van der Waals surface area contributed by atoms with Gasteiger partial charge in [-0.2, -0.15) is 0 Å². The highest BCUT2D eigenvalue weighted by atomic mass is 16.8. The topological polar surface area (TPSA) is 207 Å². The summed E-state index contributed by atoms with van der Waals surface area (Å²) in [4.78, 5) is 27.9. The molecule has 2 heterocycles. The van der Waals surface area contributed by atoms with Gasteiger partial charge in [0.1, 0.15) is 48.8 Å². The highest BCUT2D eigenvalue weighted by Gasteiger charge is 2.50. The van der Waals surface area contributed by atoms with Crippen LogP contribution in [0, 0.1) is 11.8 Å². The first kappa shape index (κ1) is 79.7. The monoisotopic (exact) mass is 1210 g/mol. The Bertz CT molecular complexity index is 1330. The quantitative estimate of drug-likeness (QED) is 0.0269. The van der Waals surface area contributed by atoms with E-state index in [-0.39, 0.29) is 36.7 Å². The van der Waals surface area contributed by atoms with E-state index in [0.29, 0.717) is 0 Å². The lowest BCUT2D eigenvalue weighted by Crippen LogP contribution is -2.65. The molecule has 2 saturated heterocycles. The van der Waals surface area contributed by atoms with Crippen LogP contribution in [0.4, 0.5) is 0 Å². The number of hydrogen-bond donors (Lipinski definition) is 8. The van der Waals surface area contributed by atoms with Gasteiger partial charge in [0.15, 0.2) is 12.6 Å². The summed E-state index contributed by atoms with van der Waals surface area (Å²) in [6.07, 6.45) is 47.1. The van der Waals surface area contributed by atoms with Crippen molar-refractivity contribution >= 4 is 11.8 Å². The number of carbonyl (C=O) groups is 2. The van der Waals surface area contributed by atoms with E-state index in [0.717, 1.165) is 103 Å². The Kier molecular flexibility index (Phi) is 52.0. The fraction of sp³-hybridized carbons (Fsp3) is 0.972. The predicted octanol–water partition coefficient (Wildman–Crippen LogP) is 16.4. The molecule has 0 spiro atoms. The van der Waals surface area contributed by atoms with Crippen molar-refractivity contribution in [2.45, 2.75) is 423 Å². The van der Waals surface area contributed by atoms with E-state index in [2.05, 4.69) is 38.3 Å². The van der Waals surface area contributed by atoms with Crippen molar-refractivity contribution in [3.05, 3.63) is 0 Å². The lowest BCUT2D eigenvalue weighted by atomic mass is 9.92. The Morgan fingerprint density at radius 2 is 0.482 bits per heavy atom. The fourth-order valence-corrected chi connectivity index (χ4v) is 13.0. The van der Waals surface area contributed by atoms with Crippen LogP contribution in [0.3, 0.4) is 0 Å². The van der Waals surface area contributed by atoms with Gasteiger partial charge in [0, 0.05) is 24.9 Å². The zero-order chi connectivity index (χ0) is 61.8. The van der Waals surface area contributed by atoms with Crippen LogP contribution >= 0.6 is 0 Å². The van der Waals surface area contributed by atoms with Crippen molar-refractivity contribution < 1.29 is 54.4 Å². The SMILES string of the molecule is CCCCCCCCCCCCCCC(CCCCCCCCCCCCCC)C(=O)NCC1O[C@H](O[C@H]2O[C@H](CNC(=O)C(CCCCCCCCCCCCCC)CCCCCCCCCCCCCC)[C@@H](O)[C@H](O)[C@H]2O)[C@H](O)[C@@H](O)[C@@H]1O. The zero-order valence-electron chi connectivity index (χ0n) is 55.8. The number of amides is 2. The highest BCUT2D eigenvalue weighted by Crippen LogP contribution is 2.30. The summed E-state index contributed by atoms with van der Waals surface area (Å²) in [7, 11) is 0. The van der Waals surface area contributed by atoms with Gasteiger partial charge in [0.2, 0.25) is 11.8 Å². The molecule has 2 rings (SSSR count). The summed E-state index contributed by atoms with van der Waals surface area (Å²) in [6.45, 7) is 8.72. The minimum Gasteiger partial charge on any atom is -0.388 e. The maximum absolute atomic E-state index is 14.0. The van der Waals surface area contributed by atoms with Crippen molar-refractivity contribution in [2.75, 3.05) is 13.1 Å². The molecule has 10 atom stereocenters. The van der Waals surface area contributed by atoms with Gasteiger partial charge in [-0.15, -0.1) is 0 Å². The van der Waals surface area contributed by atoms with E-state index in [1.807, 2.05) is 0 Å². The molecule has 2 aliphatic heterocycles. The van der Waals surface area contributed by atoms with Crippen LogP contribution in [0.5, 0.6) is 0 Å². The molecule has 0 saturated carbocycles. The van der Waals surface area contributed by atoms with Crippen molar-refractivity contribution in [3.63, 3.8) is 0 Å². The van der Waals surface area contributed by atoms with E-state index in [1.54, 1.807) is 0 Å². The molecule has 2 aliphatic rings. The minimum atomic E-state index is -1.77. The number of ether oxygens (including phenoxy) is 3. The summed E-state index contributed by atoms with van der Waals surface area (Å²) in [5, 5.41) is 72.7. The molecule has 8 N–H and O–H groups in total. The maximum Gasteiger partial charge on any atom is 0.223 e. The number of unbranched alkanes of at least 4 members (excludes halogenated alkanes) is 44. The third kappa shape index (κ3) is 39.5. The van der Waals surface area contributed by atoms with Gasteiger partial charge in [-0.3, -0.25) is 9.59 Å². The summed E-state index contributed by atoms with van der Waals surface area (Å²) >= 11 is 0. The van der Waals surface area contributed by atoms with Crippen molar-refractivity contribution in [2.24, 2.45) is 11.8 Å². The van der Waals surface area contributed by atoms with Gasteiger partial charge < -0.3 is 55.5 Å². The van der Waals surface area contributed by atoms with Crippen molar-refractivity contribution in [1.29, 1.82) is 0 Å². The Morgan fingerprint density at radius 1 is 0.294 bits per heavy atom. The molecule has 0 aromatic heterocycles. The van der Waals surface area contributed by atoms with Gasteiger partial charge in [0.25, 0.3) is 0 Å². The molecule has 0 radical (unpaired) electrons. The van der Waals surface area contributed by atoms with Gasteiger partial charge in [-0.05, 0) is 25.7 Å². The number of rotatable bonds is 60. The first-order valence-electron chi connectivity index (χ1n) is 37.1. The van der Waals surface area contributed by atoms with Crippen LogP contribution in [-0.2, 0) is 23.8 Å². The molecule has 0 bridgehead atoms. The second-order valence-electron chi connectivity index (χ2n) is 26.8. The Labute approximate surface area is 522 Å². The fourth-order valence-electron chi connectivity index (χ4n) is 13.0. The number of nitrogens with one attached hydrogen (secondary N) is 2. The summed E-state index contributed by atoms with van der Waals surface area (Å²) in [5.74, 6) is -0.661. The van der Waals surface area contributed by atoms with E-state index in [9.17, 15) is 40.2 Å². The van der Waals surface area contributed by atoms with Gasteiger partial charge in [0.05, 0.1) is 0 Å². The highest BCUT2D eigenvalue weighted by molar-refractivity contribution is 5.79. The predicted molar refractivity (Wildman–Crippen MR) is 350 cm³/mol. The molecule has 504 valence electrons. The average molecular weight is 1210 g/mol. The van der Waals surface area contributed by atoms with Crippen LogP contribution in [0.1, 0.15) is 362 Å². The largest absolute Gasteiger partial charge is 0.388 e. The lowest BCUT2D eigenvalue weighted by Gasteiger charge is -2.45. The molecule has 85 heavy (non-hydrogen) atoms. The van der Waals surface area contributed by atoms with Crippen molar-refractivity contribution in [1.82, 2.24) is 10.6 Å². The number of carbonyl (C=O) groups excluding carboxylic acids is 2. The van der Waals surface area contributed by atoms with E-state index < -0.39 is 61.4 Å². The minimum absolute atomic E-state index is 0.126. The average Bonchev–Trinajstić information content (AvgIpc) is 3.14. The molecular weight excluding hydrogens is 1070 g/mol. The Hall–Kier alpha value is -1.42. The molecule has 0 aromatic rings. The molecule has 13 heteroatoms.